The first-order chi connectivity index (χ1) is 11.0. The van der Waals surface area contributed by atoms with Gasteiger partial charge in [0.15, 0.2) is 6.23 Å². The van der Waals surface area contributed by atoms with E-state index in [0.29, 0.717) is 18.8 Å². The Morgan fingerprint density at radius 2 is 2.22 bits per heavy atom. The van der Waals surface area contributed by atoms with Gasteiger partial charge in [-0.25, -0.2) is 4.79 Å². The van der Waals surface area contributed by atoms with Crippen LogP contribution in [-0.2, 0) is 14.3 Å². The fourth-order valence-corrected chi connectivity index (χ4v) is 4.09. The minimum atomic E-state index is -0.715. The van der Waals surface area contributed by atoms with Crippen molar-refractivity contribution in [3.63, 3.8) is 0 Å². The van der Waals surface area contributed by atoms with Gasteiger partial charge in [-0.1, -0.05) is 0 Å². The second-order valence-corrected chi connectivity index (χ2v) is 6.32. The first-order valence-electron chi connectivity index (χ1n) is 7.57. The monoisotopic (exact) mass is 325 g/mol. The van der Waals surface area contributed by atoms with Crippen molar-refractivity contribution in [2.24, 2.45) is 5.92 Å². The molecule has 4 heterocycles. The van der Waals surface area contributed by atoms with Gasteiger partial charge in [0.2, 0.25) is 0 Å². The lowest BCUT2D eigenvalue weighted by Crippen LogP contribution is -2.56. The van der Waals surface area contributed by atoms with Gasteiger partial charge in [0, 0.05) is 24.7 Å². The molecular weight excluding hydrogens is 306 g/mol. The zero-order valence-corrected chi connectivity index (χ0v) is 12.9. The number of likely N-dealkylation sites (N-methyl/N-ethyl adjacent to an activating group) is 1. The molecule has 0 amide bonds. The van der Waals surface area contributed by atoms with Gasteiger partial charge < -0.3 is 14.6 Å². The van der Waals surface area contributed by atoms with Crippen molar-refractivity contribution in [1.29, 1.82) is 0 Å². The summed E-state index contributed by atoms with van der Waals surface area (Å²) < 4.78 is 13.2. The van der Waals surface area contributed by atoms with Crippen molar-refractivity contribution in [3.8, 4) is 0 Å². The number of aliphatic hydroxyl groups excluding tert-OH is 1. The molecule has 9 nitrogen and oxygen atoms in total. The summed E-state index contributed by atoms with van der Waals surface area (Å²) in [6, 6.07) is 0. The molecule has 0 bridgehead atoms. The van der Waals surface area contributed by atoms with Crippen LogP contribution in [0.15, 0.2) is 15.8 Å². The molecule has 3 aliphatic heterocycles. The number of hydroxylamine groups is 2. The third kappa shape index (κ3) is 1.79. The van der Waals surface area contributed by atoms with E-state index in [1.54, 1.807) is 19.0 Å². The van der Waals surface area contributed by atoms with Crippen LogP contribution in [0.5, 0.6) is 0 Å². The number of aromatic amines is 1. The molecule has 5 atom stereocenters. The van der Waals surface area contributed by atoms with Crippen LogP contribution in [0.3, 0.4) is 0 Å². The molecule has 3 aliphatic rings. The van der Waals surface area contributed by atoms with Crippen LogP contribution in [0.1, 0.15) is 11.8 Å². The molecule has 3 fully saturated rings. The van der Waals surface area contributed by atoms with Crippen LogP contribution in [0.25, 0.3) is 0 Å². The minimum absolute atomic E-state index is 0.0122. The van der Waals surface area contributed by atoms with E-state index in [4.69, 9.17) is 14.3 Å². The van der Waals surface area contributed by atoms with Crippen molar-refractivity contribution in [1.82, 2.24) is 14.6 Å². The van der Waals surface area contributed by atoms with Crippen molar-refractivity contribution in [2.75, 3.05) is 26.9 Å². The molecule has 0 aromatic carbocycles. The van der Waals surface area contributed by atoms with Gasteiger partial charge >= 0.3 is 5.69 Å². The number of hydrogen-bond donors (Lipinski definition) is 2. The van der Waals surface area contributed by atoms with Crippen LogP contribution >= 0.6 is 0 Å². The Hall–Kier alpha value is -1.52. The lowest BCUT2D eigenvalue weighted by molar-refractivity contribution is -0.182. The summed E-state index contributed by atoms with van der Waals surface area (Å²) in [6.07, 6.45) is -0.200. The second-order valence-electron chi connectivity index (χ2n) is 6.32. The van der Waals surface area contributed by atoms with Gasteiger partial charge in [-0.05, 0) is 6.92 Å². The Morgan fingerprint density at radius 3 is 2.96 bits per heavy atom. The number of rotatable bonds is 2. The van der Waals surface area contributed by atoms with E-state index in [2.05, 4.69) is 4.98 Å². The normalized spacial score (nSPS) is 39.6. The van der Waals surface area contributed by atoms with Crippen molar-refractivity contribution < 1.29 is 19.4 Å². The molecule has 1 spiro atoms. The minimum Gasteiger partial charge on any atom is -0.394 e. The van der Waals surface area contributed by atoms with E-state index in [1.165, 1.54) is 10.8 Å². The number of nitrogens with zero attached hydrogens (tertiary/aromatic N) is 2. The largest absolute Gasteiger partial charge is 0.394 e. The molecule has 0 saturated carbocycles. The summed E-state index contributed by atoms with van der Waals surface area (Å²) in [5.74, 6) is 0.0122. The van der Waals surface area contributed by atoms with Gasteiger partial charge in [0.25, 0.3) is 5.56 Å². The molecule has 23 heavy (non-hydrogen) atoms. The molecule has 126 valence electrons. The third-order valence-electron chi connectivity index (χ3n) is 5.22. The van der Waals surface area contributed by atoms with Gasteiger partial charge in [-0.3, -0.25) is 19.2 Å². The topological polar surface area (TPSA) is 106 Å². The summed E-state index contributed by atoms with van der Waals surface area (Å²) in [6.45, 7) is 2.34. The fraction of sp³-hybridized carbons (Fsp3) is 0.714. The third-order valence-corrected chi connectivity index (χ3v) is 5.22. The number of aromatic nitrogens is 2. The predicted molar refractivity (Wildman–Crippen MR) is 76.7 cm³/mol. The van der Waals surface area contributed by atoms with E-state index in [-0.39, 0.29) is 12.5 Å². The highest BCUT2D eigenvalue weighted by molar-refractivity contribution is 5.17. The number of hydrogen-bond acceptors (Lipinski definition) is 7. The maximum absolute atomic E-state index is 12.3. The highest BCUT2D eigenvalue weighted by Gasteiger charge is 2.70. The van der Waals surface area contributed by atoms with Crippen LogP contribution in [0.4, 0.5) is 0 Å². The lowest BCUT2D eigenvalue weighted by atomic mass is 9.81. The molecular formula is C14H19N3O6. The van der Waals surface area contributed by atoms with E-state index >= 15 is 0 Å². The number of aryl methyl sites for hydroxylation is 1. The molecule has 4 rings (SSSR count). The maximum atomic E-state index is 12.3. The number of ether oxygens (including phenoxy) is 2. The average Bonchev–Trinajstić information content (AvgIpc) is 3.14. The fourth-order valence-electron chi connectivity index (χ4n) is 4.09. The van der Waals surface area contributed by atoms with Gasteiger partial charge in [0.1, 0.15) is 17.7 Å². The summed E-state index contributed by atoms with van der Waals surface area (Å²) in [5, 5.41) is 11.3. The SMILES string of the molecule is Cc1cn([C@@H]2O[C@H](CO)[C@H]3OC[C@@H]4CON(C)[C@@]432)c(=O)[nH]c1=O. The average molecular weight is 325 g/mol. The number of nitrogens with one attached hydrogen (secondary N) is 1. The Balaban J connectivity index is 1.89. The van der Waals surface area contributed by atoms with Crippen LogP contribution in [-0.4, -0.2) is 64.3 Å². The quantitative estimate of drug-likeness (QED) is 0.672. The Labute approximate surface area is 131 Å². The zero-order valence-electron chi connectivity index (χ0n) is 12.9. The molecule has 3 saturated heterocycles. The first-order valence-corrected chi connectivity index (χ1v) is 7.57. The van der Waals surface area contributed by atoms with Crippen LogP contribution in [0.2, 0.25) is 0 Å². The summed E-state index contributed by atoms with van der Waals surface area (Å²) in [4.78, 5) is 31.9. The molecule has 0 radical (unpaired) electrons. The van der Waals surface area contributed by atoms with E-state index in [0.717, 1.165) is 0 Å². The highest BCUT2D eigenvalue weighted by atomic mass is 16.7. The second kappa shape index (κ2) is 4.99. The van der Waals surface area contributed by atoms with E-state index < -0.39 is 35.2 Å². The molecule has 1 aromatic rings. The molecule has 0 unspecified atom stereocenters. The standard InChI is InChI=1S/C14H19N3O6/c1-7-3-17(13(20)15-11(7)19)12-14-8(6-22-16(14)2)5-21-10(14)9(4-18)23-12/h3,8-10,12,18H,4-6H2,1-2H3,(H,15,19,20)/t8-,9-,10-,12-,14+/m1/s1. The molecule has 0 aliphatic carbocycles. The van der Waals surface area contributed by atoms with Crippen LogP contribution < -0.4 is 11.2 Å². The smallest absolute Gasteiger partial charge is 0.330 e. The summed E-state index contributed by atoms with van der Waals surface area (Å²) in [7, 11) is 1.78. The number of H-pyrrole nitrogens is 1. The zero-order chi connectivity index (χ0) is 16.4. The van der Waals surface area contributed by atoms with Crippen LogP contribution in [0, 0.1) is 12.8 Å². The molecule has 1 aromatic heterocycles. The van der Waals surface area contributed by atoms with Gasteiger partial charge in [-0.2, -0.15) is 5.06 Å². The predicted octanol–water partition coefficient (Wildman–Crippen LogP) is -1.63. The Bertz CT molecular complexity index is 745. The Kier molecular flexibility index (Phi) is 3.26. The van der Waals surface area contributed by atoms with E-state index in [9.17, 15) is 14.7 Å². The van der Waals surface area contributed by atoms with Gasteiger partial charge in [-0.15, -0.1) is 0 Å². The summed E-state index contributed by atoms with van der Waals surface area (Å²) in [5.41, 5.74) is -1.27. The first kappa shape index (κ1) is 15.0. The van der Waals surface area contributed by atoms with Crippen molar-refractivity contribution in [2.45, 2.75) is 30.9 Å². The van der Waals surface area contributed by atoms with Crippen molar-refractivity contribution >= 4 is 0 Å². The van der Waals surface area contributed by atoms with Gasteiger partial charge in [0.05, 0.1) is 19.8 Å². The number of aliphatic hydroxyl groups is 1. The van der Waals surface area contributed by atoms with E-state index in [1.807, 2.05) is 0 Å². The molecule has 9 heteroatoms. The highest BCUT2D eigenvalue weighted by Crippen LogP contribution is 2.54. The lowest BCUT2D eigenvalue weighted by Gasteiger charge is -2.36. The van der Waals surface area contributed by atoms with Crippen molar-refractivity contribution in [3.05, 3.63) is 32.6 Å². The maximum Gasteiger partial charge on any atom is 0.330 e. The summed E-state index contributed by atoms with van der Waals surface area (Å²) >= 11 is 0. The Morgan fingerprint density at radius 1 is 1.43 bits per heavy atom. The molecule has 2 N–H and O–H groups in total.